The average Bonchev–Trinajstić information content (AvgIpc) is 2.76. The van der Waals surface area contributed by atoms with Crippen LogP contribution in [0.4, 0.5) is 14.5 Å². The van der Waals surface area contributed by atoms with Gasteiger partial charge < -0.3 is 10.1 Å². The third-order valence-corrected chi connectivity index (χ3v) is 2.96. The van der Waals surface area contributed by atoms with Crippen molar-refractivity contribution in [3.05, 3.63) is 53.9 Å². The molecule has 19 heavy (non-hydrogen) atoms. The van der Waals surface area contributed by atoms with Crippen molar-refractivity contribution >= 4 is 11.3 Å². The largest absolute Gasteiger partial charge is 0.398 e. The van der Waals surface area contributed by atoms with E-state index < -0.39 is 11.6 Å². The van der Waals surface area contributed by atoms with Gasteiger partial charge in [-0.05, 0) is 36.8 Å². The maximum atomic E-state index is 13.7. The minimum atomic E-state index is -0.504. The highest BCUT2D eigenvalue weighted by atomic mass is 19.1. The Balaban J connectivity index is 2.26. The predicted molar refractivity (Wildman–Crippen MR) is 69.7 cm³/mol. The zero-order chi connectivity index (χ0) is 13.6. The van der Waals surface area contributed by atoms with E-state index in [2.05, 4.69) is 4.98 Å². The fraction of sp³-hybridized carbons (Fsp3) is 0.0714. The molecule has 0 radical (unpaired) electrons. The molecule has 1 aromatic carbocycles. The molecule has 3 rings (SSSR count). The van der Waals surface area contributed by atoms with Crippen molar-refractivity contribution in [3.63, 3.8) is 0 Å². The van der Waals surface area contributed by atoms with Gasteiger partial charge in [0, 0.05) is 23.6 Å². The molecular weight excluding hydrogens is 248 g/mol. The first-order valence-electron chi connectivity index (χ1n) is 5.75. The number of fused-ring (bicyclic) bond motifs is 1. The minimum absolute atomic E-state index is 0.140. The highest BCUT2D eigenvalue weighted by Crippen LogP contribution is 2.25. The molecule has 0 fully saturated rings. The van der Waals surface area contributed by atoms with Gasteiger partial charge in [0.05, 0.1) is 5.69 Å². The van der Waals surface area contributed by atoms with Crippen LogP contribution < -0.4 is 5.73 Å². The molecule has 0 atom stereocenters. The molecule has 2 heterocycles. The topological polar surface area (TPSA) is 43.3 Å². The fourth-order valence-corrected chi connectivity index (χ4v) is 2.12. The summed E-state index contributed by atoms with van der Waals surface area (Å²) in [6, 6.07) is 5.09. The van der Waals surface area contributed by atoms with Crippen LogP contribution in [-0.2, 0) is 0 Å². The third-order valence-electron chi connectivity index (χ3n) is 2.96. The Kier molecular flexibility index (Phi) is 2.48. The van der Waals surface area contributed by atoms with Crippen molar-refractivity contribution in [1.29, 1.82) is 0 Å². The Hall–Kier alpha value is -2.43. The highest BCUT2D eigenvalue weighted by molar-refractivity contribution is 5.66. The number of rotatable bonds is 1. The van der Waals surface area contributed by atoms with Crippen molar-refractivity contribution in [1.82, 2.24) is 9.38 Å². The van der Waals surface area contributed by atoms with Crippen molar-refractivity contribution in [2.45, 2.75) is 6.92 Å². The molecule has 96 valence electrons. The summed E-state index contributed by atoms with van der Waals surface area (Å²) >= 11 is 0. The van der Waals surface area contributed by atoms with Gasteiger partial charge in [0.15, 0.2) is 0 Å². The molecule has 2 N–H and O–H groups in total. The molecule has 3 aromatic rings. The number of benzene rings is 1. The molecule has 0 aliphatic heterocycles. The number of aromatic nitrogens is 2. The highest BCUT2D eigenvalue weighted by Gasteiger charge is 2.12. The van der Waals surface area contributed by atoms with Gasteiger partial charge in [-0.15, -0.1) is 0 Å². The molecule has 0 saturated heterocycles. The zero-order valence-electron chi connectivity index (χ0n) is 10.2. The van der Waals surface area contributed by atoms with Crippen LogP contribution in [0.1, 0.15) is 5.56 Å². The van der Waals surface area contributed by atoms with Crippen molar-refractivity contribution in [3.8, 4) is 11.3 Å². The van der Waals surface area contributed by atoms with E-state index in [1.54, 1.807) is 22.9 Å². The van der Waals surface area contributed by atoms with E-state index in [-0.39, 0.29) is 5.56 Å². The van der Waals surface area contributed by atoms with Crippen LogP contribution in [0, 0.1) is 18.6 Å². The van der Waals surface area contributed by atoms with Gasteiger partial charge in [-0.2, -0.15) is 0 Å². The number of pyridine rings is 1. The van der Waals surface area contributed by atoms with Gasteiger partial charge in [0.1, 0.15) is 17.3 Å². The van der Waals surface area contributed by atoms with Gasteiger partial charge in [-0.3, -0.25) is 0 Å². The number of halogens is 2. The molecule has 0 bridgehead atoms. The van der Waals surface area contributed by atoms with E-state index in [1.807, 2.05) is 6.92 Å². The van der Waals surface area contributed by atoms with Crippen LogP contribution >= 0.6 is 0 Å². The predicted octanol–water partition coefficient (Wildman–Crippen LogP) is 3.17. The lowest BCUT2D eigenvalue weighted by Gasteiger charge is -1.98. The van der Waals surface area contributed by atoms with E-state index in [9.17, 15) is 8.78 Å². The molecule has 0 amide bonds. The van der Waals surface area contributed by atoms with Gasteiger partial charge in [0.25, 0.3) is 0 Å². The average molecular weight is 259 g/mol. The smallest absolute Gasteiger partial charge is 0.140 e. The first kappa shape index (κ1) is 11.6. The van der Waals surface area contributed by atoms with Crippen LogP contribution in [-0.4, -0.2) is 9.38 Å². The van der Waals surface area contributed by atoms with E-state index in [0.29, 0.717) is 17.0 Å². The molecule has 0 saturated carbocycles. The maximum Gasteiger partial charge on any atom is 0.140 e. The second-order valence-corrected chi connectivity index (χ2v) is 4.44. The van der Waals surface area contributed by atoms with Crippen LogP contribution in [0.5, 0.6) is 0 Å². The Morgan fingerprint density at radius 3 is 2.74 bits per heavy atom. The summed E-state index contributed by atoms with van der Waals surface area (Å²) < 4.78 is 28.6. The summed E-state index contributed by atoms with van der Waals surface area (Å²) in [6.45, 7) is 1.87. The first-order chi connectivity index (χ1) is 9.04. The van der Waals surface area contributed by atoms with Gasteiger partial charge in [0.2, 0.25) is 0 Å². The van der Waals surface area contributed by atoms with E-state index >= 15 is 0 Å². The number of imidazole rings is 1. The molecule has 0 aliphatic rings. The van der Waals surface area contributed by atoms with Gasteiger partial charge in [-0.1, -0.05) is 0 Å². The molecule has 0 spiro atoms. The first-order valence-corrected chi connectivity index (χ1v) is 5.75. The molecule has 3 nitrogen and oxygen atoms in total. The number of aryl methyl sites for hydroxylation is 1. The summed E-state index contributed by atoms with van der Waals surface area (Å²) in [4.78, 5) is 4.33. The molecule has 0 aliphatic carbocycles. The Labute approximate surface area is 108 Å². The maximum absolute atomic E-state index is 13.7. The summed E-state index contributed by atoms with van der Waals surface area (Å²) in [5.74, 6) is -1.000. The second-order valence-electron chi connectivity index (χ2n) is 4.44. The lowest BCUT2D eigenvalue weighted by Crippen LogP contribution is -1.92. The van der Waals surface area contributed by atoms with E-state index in [4.69, 9.17) is 5.73 Å². The standard InChI is InChI=1S/C14H11F2N3/c1-8-4-10(17)6-19-7-13(18-14(8)19)11-5-9(15)2-3-12(11)16/h2-7H,17H2,1H3. The number of hydrogen-bond donors (Lipinski definition) is 1. The molecule has 5 heteroatoms. The lowest BCUT2D eigenvalue weighted by molar-refractivity contribution is 0.603. The monoisotopic (exact) mass is 259 g/mol. The van der Waals surface area contributed by atoms with Crippen LogP contribution in [0.15, 0.2) is 36.7 Å². The zero-order valence-corrected chi connectivity index (χ0v) is 10.2. The quantitative estimate of drug-likeness (QED) is 0.729. The van der Waals surface area contributed by atoms with Crippen molar-refractivity contribution in [2.75, 3.05) is 5.73 Å². The molecule has 2 aromatic heterocycles. The Morgan fingerprint density at radius 2 is 1.95 bits per heavy atom. The SMILES string of the molecule is Cc1cc(N)cn2cc(-c3cc(F)ccc3F)nc12. The van der Waals surface area contributed by atoms with E-state index in [1.165, 1.54) is 0 Å². The minimum Gasteiger partial charge on any atom is -0.398 e. The van der Waals surface area contributed by atoms with Crippen molar-refractivity contribution in [2.24, 2.45) is 0 Å². The summed E-state index contributed by atoms with van der Waals surface area (Å²) in [7, 11) is 0. The number of nitrogen functional groups attached to an aromatic ring is 1. The lowest BCUT2D eigenvalue weighted by atomic mass is 10.1. The normalized spacial score (nSPS) is 11.1. The molecular formula is C14H11F2N3. The fourth-order valence-electron chi connectivity index (χ4n) is 2.12. The van der Waals surface area contributed by atoms with E-state index in [0.717, 1.165) is 23.8 Å². The third kappa shape index (κ3) is 1.93. The summed E-state index contributed by atoms with van der Waals surface area (Å²) in [5, 5.41) is 0. The summed E-state index contributed by atoms with van der Waals surface area (Å²) in [5.41, 5.74) is 8.41. The van der Waals surface area contributed by atoms with Crippen LogP contribution in [0.2, 0.25) is 0 Å². The Morgan fingerprint density at radius 1 is 1.16 bits per heavy atom. The Bertz CT molecular complexity index is 778. The van der Waals surface area contributed by atoms with Gasteiger partial charge >= 0.3 is 0 Å². The van der Waals surface area contributed by atoms with Crippen LogP contribution in [0.25, 0.3) is 16.9 Å². The molecule has 0 unspecified atom stereocenters. The number of anilines is 1. The number of nitrogens with zero attached hydrogens (tertiary/aromatic N) is 2. The van der Waals surface area contributed by atoms with Gasteiger partial charge in [-0.25, -0.2) is 13.8 Å². The second kappa shape index (κ2) is 4.05. The number of nitrogens with two attached hydrogens (primary N) is 1. The number of hydrogen-bond acceptors (Lipinski definition) is 2. The van der Waals surface area contributed by atoms with Crippen LogP contribution in [0.3, 0.4) is 0 Å². The van der Waals surface area contributed by atoms with Crippen molar-refractivity contribution < 1.29 is 8.78 Å². The summed E-state index contributed by atoms with van der Waals surface area (Å²) in [6.07, 6.45) is 3.33.